The van der Waals surface area contributed by atoms with Gasteiger partial charge in [0.25, 0.3) is 7.82 Å². The number of nitrogens with two attached hydrogens (primary N) is 1. The first-order valence-electron chi connectivity index (χ1n) is 12.5. The second-order valence-electron chi connectivity index (χ2n) is 11.3. The van der Waals surface area contributed by atoms with Crippen LogP contribution in [0.3, 0.4) is 0 Å². The van der Waals surface area contributed by atoms with Crippen molar-refractivity contribution in [2.75, 3.05) is 11.5 Å². The van der Waals surface area contributed by atoms with Gasteiger partial charge in [-0.15, -0.1) is 5.10 Å². The van der Waals surface area contributed by atoms with Crippen LogP contribution < -0.4 is 40.2 Å². The number of hydrogen-bond acceptors (Lipinski definition) is 10. The number of Topliss-reactive ketones (excluding diaryl/α,β-unsaturated/α-hetero) is 1. The number of phosphoric acid groups is 1. The summed E-state index contributed by atoms with van der Waals surface area (Å²) in [6.07, 6.45) is 2.34. The number of phosphoric ester groups is 1. The van der Waals surface area contributed by atoms with Gasteiger partial charge in [-0.3, -0.25) is 14.2 Å². The summed E-state index contributed by atoms with van der Waals surface area (Å²) in [6.45, 7) is 8.02. The Morgan fingerprint density at radius 3 is 2.62 bits per heavy atom. The van der Waals surface area contributed by atoms with Crippen LogP contribution >= 0.6 is 19.6 Å². The number of carbonyl (C=O) groups is 2. The fourth-order valence-corrected chi connectivity index (χ4v) is 8.34. The first-order chi connectivity index (χ1) is 16.7. The van der Waals surface area contributed by atoms with Crippen molar-refractivity contribution >= 4 is 37.3 Å². The number of ether oxygens (including phenoxy) is 1. The molecule has 0 aliphatic heterocycles. The maximum Gasteiger partial charge on any atom is 1.00 e. The van der Waals surface area contributed by atoms with E-state index in [0.29, 0.717) is 37.3 Å². The molecule has 14 heteroatoms. The molecule has 0 spiro atoms. The summed E-state index contributed by atoms with van der Waals surface area (Å²) in [5, 5.41) is 6.77. The van der Waals surface area contributed by atoms with Gasteiger partial charge in [-0.1, -0.05) is 39.5 Å². The number of nitrogen functional groups attached to an aromatic ring is 1. The average molecular weight is 567 g/mol. The third kappa shape index (κ3) is 6.01. The molecule has 3 aliphatic rings. The molecule has 1 heterocycles. The summed E-state index contributed by atoms with van der Waals surface area (Å²) >= 11 is 1.09. The molecule has 37 heavy (non-hydrogen) atoms. The van der Waals surface area contributed by atoms with Crippen LogP contribution in [0.15, 0.2) is 5.16 Å². The number of esters is 1. The van der Waals surface area contributed by atoms with Crippen LogP contribution in [0.25, 0.3) is 0 Å². The van der Waals surface area contributed by atoms with Gasteiger partial charge in [0, 0.05) is 17.8 Å². The Kier molecular flexibility index (Phi) is 9.40. The maximum atomic E-state index is 13.4. The molecule has 1 aromatic heterocycles. The van der Waals surface area contributed by atoms with Gasteiger partial charge in [0.05, 0.1) is 11.9 Å². The van der Waals surface area contributed by atoms with Crippen LogP contribution in [0.2, 0.25) is 0 Å². The number of nitrogens with zero attached hydrogens (tertiary/aromatic N) is 2. The minimum atomic E-state index is -5.04. The Morgan fingerprint density at radius 1 is 1.32 bits per heavy atom. The molecule has 1 aromatic rings. The van der Waals surface area contributed by atoms with E-state index in [9.17, 15) is 23.9 Å². The smallest absolute Gasteiger partial charge is 0.756 e. The van der Waals surface area contributed by atoms with Gasteiger partial charge >= 0.3 is 35.5 Å². The van der Waals surface area contributed by atoms with Gasteiger partial charge in [-0.05, 0) is 55.3 Å². The largest absolute Gasteiger partial charge is 1.00 e. The molecule has 0 amide bonds. The number of H-pyrrole nitrogens is 1. The molecule has 4 rings (SSSR count). The third-order valence-electron chi connectivity index (χ3n) is 9.42. The molecule has 0 saturated heterocycles. The van der Waals surface area contributed by atoms with Crippen molar-refractivity contribution in [1.82, 2.24) is 15.2 Å². The zero-order valence-electron chi connectivity index (χ0n) is 22.2. The van der Waals surface area contributed by atoms with Gasteiger partial charge in [-0.2, -0.15) is 4.98 Å². The van der Waals surface area contributed by atoms with E-state index < -0.39 is 42.2 Å². The van der Waals surface area contributed by atoms with Crippen LogP contribution in [0.4, 0.5) is 5.95 Å². The molecule has 11 nitrogen and oxygen atoms in total. The molecule has 3 aliphatic carbocycles. The number of nitrogens with one attached hydrogen (secondary N) is 1. The first-order valence-corrected chi connectivity index (χ1v) is 15.0. The van der Waals surface area contributed by atoms with Crippen molar-refractivity contribution in [3.8, 4) is 0 Å². The number of ketones is 1. The van der Waals surface area contributed by atoms with Crippen molar-refractivity contribution in [2.24, 2.45) is 28.1 Å². The normalized spacial score (nSPS) is 39.0. The molecule has 4 N–H and O–H groups in total. The zero-order chi connectivity index (χ0) is 26.5. The van der Waals surface area contributed by atoms with Gasteiger partial charge in [0.15, 0.2) is 0 Å². The molecule has 2 unspecified atom stereocenters. The Morgan fingerprint density at radius 2 is 2.03 bits per heavy atom. The standard InChI is InChI=1S/C23H37N4O7PS.Na/c1-5-21(3)10-16(33-17(29)12-36-20-25-19(24)26-27-20)22(4)13(2)6-8-23(9-7-14(28)18(22)23)11-15(21)34-35(30,31)32;/h13,15-16,18H,5-12H2,1-4H3,(H2,30,31,32)(H3,24,25,26,27);/q;+1/p-1/t13-,15+,16-,18+,21-,22+,23?;/m1./s1. The minimum Gasteiger partial charge on any atom is -0.756 e. The predicted octanol–water partition coefficient (Wildman–Crippen LogP) is -0.147. The Labute approximate surface area is 243 Å². The number of rotatable bonds is 7. The summed E-state index contributed by atoms with van der Waals surface area (Å²) in [7, 11) is -5.04. The van der Waals surface area contributed by atoms with Crippen LogP contribution in [-0.2, 0) is 23.4 Å². The summed E-state index contributed by atoms with van der Waals surface area (Å²) in [4.78, 5) is 52.1. The number of aromatic nitrogens is 3. The second kappa shape index (κ2) is 11.2. The van der Waals surface area contributed by atoms with E-state index in [1.54, 1.807) is 0 Å². The predicted molar refractivity (Wildman–Crippen MR) is 130 cm³/mol. The quantitative estimate of drug-likeness (QED) is 0.173. The average Bonchev–Trinajstić information content (AvgIpc) is 3.36. The van der Waals surface area contributed by atoms with Crippen LogP contribution in [-0.4, -0.2) is 49.8 Å². The summed E-state index contributed by atoms with van der Waals surface area (Å²) in [5.41, 5.74) is 3.75. The van der Waals surface area contributed by atoms with Gasteiger partial charge in [-0.25, -0.2) is 5.10 Å². The molecular weight excluding hydrogens is 530 g/mol. The van der Waals surface area contributed by atoms with Crippen molar-refractivity contribution in [1.29, 1.82) is 0 Å². The fourth-order valence-electron chi connectivity index (χ4n) is 7.10. The van der Waals surface area contributed by atoms with Crippen LogP contribution in [0.5, 0.6) is 0 Å². The maximum absolute atomic E-state index is 13.4. The molecule has 0 radical (unpaired) electrons. The summed E-state index contributed by atoms with van der Waals surface area (Å²) < 4.78 is 23.4. The van der Waals surface area contributed by atoms with E-state index in [1.807, 2.05) is 13.8 Å². The minimum absolute atomic E-state index is 0. The summed E-state index contributed by atoms with van der Waals surface area (Å²) in [6, 6.07) is 0. The number of aromatic amines is 1. The number of hydrogen-bond donors (Lipinski definition) is 3. The number of anilines is 1. The number of carbonyl (C=O) groups excluding carboxylic acids is 2. The third-order valence-corrected chi connectivity index (χ3v) is 10.8. The monoisotopic (exact) mass is 566 g/mol. The van der Waals surface area contributed by atoms with E-state index in [-0.39, 0.29) is 58.9 Å². The molecule has 3 saturated carbocycles. The Balaban J connectivity index is 0.00000380. The molecular formula is C23H36N4NaO7PS. The molecule has 202 valence electrons. The number of thioether (sulfide) groups is 1. The van der Waals surface area contributed by atoms with Crippen LogP contribution in [0.1, 0.15) is 72.6 Å². The SMILES string of the molecule is CC[C@]1(C)C[C@@H](OC(=O)CSc2n[nH]c(N)n2)[C@]2(C)[C@H](C)CCC3(CCC(=O)[C@H]32)C[C@@H]1OP(=O)([O-])O.[Na+]. The van der Waals surface area contributed by atoms with E-state index in [1.165, 1.54) is 0 Å². The van der Waals surface area contributed by atoms with Crippen molar-refractivity contribution in [3.05, 3.63) is 0 Å². The van der Waals surface area contributed by atoms with Crippen molar-refractivity contribution < 1.29 is 62.8 Å². The summed E-state index contributed by atoms with van der Waals surface area (Å²) in [5.74, 6) is -0.519. The van der Waals surface area contributed by atoms with E-state index in [0.717, 1.165) is 24.6 Å². The fraction of sp³-hybridized carbons (Fsp3) is 0.826. The van der Waals surface area contributed by atoms with Crippen LogP contribution in [0, 0.1) is 28.1 Å². The van der Waals surface area contributed by atoms with E-state index in [2.05, 4.69) is 29.0 Å². The molecule has 8 atom stereocenters. The zero-order valence-corrected chi connectivity index (χ0v) is 25.9. The Hall–Kier alpha value is -0.460. The van der Waals surface area contributed by atoms with E-state index in [4.69, 9.17) is 15.0 Å². The van der Waals surface area contributed by atoms with Crippen molar-refractivity contribution in [3.63, 3.8) is 0 Å². The van der Waals surface area contributed by atoms with E-state index >= 15 is 0 Å². The van der Waals surface area contributed by atoms with Crippen molar-refractivity contribution in [2.45, 2.75) is 90.0 Å². The Bertz CT molecular complexity index is 1070. The molecule has 0 aromatic carbocycles. The second-order valence-corrected chi connectivity index (χ2v) is 13.4. The van der Waals surface area contributed by atoms with Gasteiger partial charge in [0.1, 0.15) is 11.9 Å². The first kappa shape index (κ1) is 31.1. The molecule has 3 fully saturated rings. The van der Waals surface area contributed by atoms with Gasteiger partial charge < -0.3 is 24.8 Å². The van der Waals surface area contributed by atoms with Gasteiger partial charge in [0.2, 0.25) is 11.1 Å². The topological polar surface area (TPSA) is 181 Å². The molecule has 2 bridgehead atoms.